The first kappa shape index (κ1) is 21.9. The van der Waals surface area contributed by atoms with Crippen LogP contribution in [-0.2, 0) is 14.8 Å². The average molecular weight is 490 g/mol. The van der Waals surface area contributed by atoms with Gasteiger partial charge in [0.25, 0.3) is 15.9 Å². The summed E-state index contributed by atoms with van der Waals surface area (Å²) in [7, 11) is -4.14. The molecule has 0 aromatic heterocycles. The highest BCUT2D eigenvalue weighted by Gasteiger charge is 2.31. The molecule has 0 aliphatic heterocycles. The summed E-state index contributed by atoms with van der Waals surface area (Å²) < 4.78 is 39.0. The van der Waals surface area contributed by atoms with Crippen LogP contribution in [0, 0.1) is 0 Å². The van der Waals surface area contributed by atoms with E-state index in [1.54, 1.807) is 48.5 Å². The Morgan fingerprint density at radius 2 is 1.60 bits per heavy atom. The molecule has 3 aromatic rings. The van der Waals surface area contributed by atoms with Gasteiger partial charge >= 0.3 is 0 Å². The van der Waals surface area contributed by atoms with Gasteiger partial charge in [0.15, 0.2) is 6.61 Å². The molecule has 0 saturated heterocycles. The van der Waals surface area contributed by atoms with Crippen molar-refractivity contribution in [1.29, 1.82) is 0 Å². The highest BCUT2D eigenvalue weighted by molar-refractivity contribution is 9.10. The summed E-state index contributed by atoms with van der Waals surface area (Å²) >= 11 is 3.33. The fourth-order valence-electron chi connectivity index (χ4n) is 2.72. The minimum absolute atomic E-state index is 0.00897. The van der Waals surface area contributed by atoms with Crippen molar-refractivity contribution < 1.29 is 22.7 Å². The van der Waals surface area contributed by atoms with Gasteiger partial charge in [-0.25, -0.2) is 8.42 Å². The van der Waals surface area contributed by atoms with Gasteiger partial charge in [-0.15, -0.1) is 0 Å². The molecule has 0 fully saturated rings. The van der Waals surface area contributed by atoms with Crippen LogP contribution in [0.1, 0.15) is 6.92 Å². The van der Waals surface area contributed by atoms with Crippen molar-refractivity contribution in [2.24, 2.45) is 0 Å². The van der Waals surface area contributed by atoms with Crippen molar-refractivity contribution in [3.8, 4) is 11.5 Å². The molecule has 0 N–H and O–H groups in total. The number of amides is 1. The fraction of sp³-hybridized carbons (Fsp3) is 0.136. The third-order valence-electron chi connectivity index (χ3n) is 4.05. The number of rotatable bonds is 8. The molecule has 0 unspecified atom stereocenters. The van der Waals surface area contributed by atoms with Gasteiger partial charge in [-0.3, -0.25) is 4.79 Å². The zero-order valence-corrected chi connectivity index (χ0v) is 18.6. The van der Waals surface area contributed by atoms with Crippen LogP contribution >= 0.6 is 15.9 Å². The van der Waals surface area contributed by atoms with Gasteiger partial charge in [0.05, 0.1) is 17.2 Å². The third kappa shape index (κ3) is 5.20. The lowest BCUT2D eigenvalue weighted by Crippen LogP contribution is -2.40. The molecule has 0 aliphatic carbocycles. The van der Waals surface area contributed by atoms with Crippen molar-refractivity contribution in [2.45, 2.75) is 11.8 Å². The molecule has 0 radical (unpaired) electrons. The minimum atomic E-state index is -4.14. The summed E-state index contributed by atoms with van der Waals surface area (Å²) in [6, 6.07) is 21.1. The van der Waals surface area contributed by atoms with E-state index in [1.807, 2.05) is 13.0 Å². The Kier molecular flexibility index (Phi) is 7.12. The number of nitrogens with zero attached hydrogens (tertiary/aromatic N) is 1. The Bertz CT molecular complexity index is 1100. The maximum Gasteiger partial charge on any atom is 0.278 e. The van der Waals surface area contributed by atoms with E-state index in [2.05, 4.69) is 15.9 Å². The van der Waals surface area contributed by atoms with Crippen LogP contribution in [0.15, 0.2) is 88.2 Å². The number of hydrogen-bond donors (Lipinski definition) is 0. The Labute approximate surface area is 184 Å². The van der Waals surface area contributed by atoms with E-state index in [4.69, 9.17) is 9.47 Å². The van der Waals surface area contributed by atoms with E-state index in [-0.39, 0.29) is 10.6 Å². The van der Waals surface area contributed by atoms with Gasteiger partial charge < -0.3 is 9.47 Å². The second-order valence-electron chi connectivity index (χ2n) is 6.15. The number of carbonyl (C=O) groups excluding carboxylic acids is 1. The molecule has 8 heteroatoms. The summed E-state index contributed by atoms with van der Waals surface area (Å²) in [5, 5.41) is 0. The SMILES string of the molecule is CCOc1ccc(N(C(=O)COc2cccc(Br)c2)S(=O)(=O)c2ccccc2)cc1. The van der Waals surface area contributed by atoms with Crippen LogP contribution in [0.5, 0.6) is 11.5 Å². The lowest BCUT2D eigenvalue weighted by atomic mass is 10.3. The molecule has 3 aromatic carbocycles. The van der Waals surface area contributed by atoms with E-state index >= 15 is 0 Å². The Morgan fingerprint density at radius 3 is 2.23 bits per heavy atom. The highest BCUT2D eigenvalue weighted by atomic mass is 79.9. The van der Waals surface area contributed by atoms with Gasteiger partial charge in [-0.2, -0.15) is 4.31 Å². The maximum atomic E-state index is 13.3. The van der Waals surface area contributed by atoms with Crippen molar-refractivity contribution in [3.63, 3.8) is 0 Å². The van der Waals surface area contributed by atoms with Gasteiger partial charge in [-0.05, 0) is 61.5 Å². The second kappa shape index (κ2) is 9.77. The van der Waals surface area contributed by atoms with E-state index < -0.39 is 22.5 Å². The van der Waals surface area contributed by atoms with Crippen LogP contribution < -0.4 is 13.8 Å². The molecule has 0 atom stereocenters. The second-order valence-corrected chi connectivity index (χ2v) is 8.85. The minimum Gasteiger partial charge on any atom is -0.494 e. The van der Waals surface area contributed by atoms with Gasteiger partial charge in [-0.1, -0.05) is 40.2 Å². The van der Waals surface area contributed by atoms with E-state index in [1.165, 1.54) is 24.3 Å². The molecule has 0 spiro atoms. The zero-order chi connectivity index (χ0) is 21.6. The molecule has 3 rings (SSSR count). The molecule has 6 nitrogen and oxygen atoms in total. The standard InChI is InChI=1S/C22H20BrNO5S/c1-2-28-19-13-11-18(12-14-19)24(30(26,27)21-9-4-3-5-10-21)22(25)16-29-20-8-6-7-17(23)15-20/h3-15H,2,16H2,1H3. The molecule has 0 heterocycles. The normalized spacial score (nSPS) is 11.0. The van der Waals surface area contributed by atoms with E-state index in [0.29, 0.717) is 18.1 Å². The predicted molar refractivity (Wildman–Crippen MR) is 118 cm³/mol. The monoisotopic (exact) mass is 489 g/mol. The number of carbonyl (C=O) groups is 1. The van der Waals surface area contributed by atoms with Crippen molar-refractivity contribution in [1.82, 2.24) is 0 Å². The summed E-state index contributed by atoms with van der Waals surface area (Å²) in [5.74, 6) is 0.306. The predicted octanol–water partition coefficient (Wildman–Crippen LogP) is 4.65. The molecule has 156 valence electrons. The number of ether oxygens (including phenoxy) is 2. The van der Waals surface area contributed by atoms with Crippen molar-refractivity contribution in [2.75, 3.05) is 17.5 Å². The number of benzene rings is 3. The number of sulfonamides is 1. The van der Waals surface area contributed by atoms with Crippen LogP contribution in [-0.4, -0.2) is 27.5 Å². The van der Waals surface area contributed by atoms with Crippen LogP contribution in [0.4, 0.5) is 5.69 Å². The Morgan fingerprint density at radius 1 is 0.900 bits per heavy atom. The maximum absolute atomic E-state index is 13.3. The molecular weight excluding hydrogens is 470 g/mol. The zero-order valence-electron chi connectivity index (χ0n) is 16.2. The van der Waals surface area contributed by atoms with Gasteiger partial charge in [0, 0.05) is 4.47 Å². The van der Waals surface area contributed by atoms with Crippen molar-refractivity contribution >= 4 is 37.5 Å². The molecule has 0 bridgehead atoms. The summed E-state index contributed by atoms with van der Waals surface area (Å²) in [4.78, 5) is 13.0. The molecule has 0 saturated carbocycles. The van der Waals surface area contributed by atoms with Crippen molar-refractivity contribution in [3.05, 3.63) is 83.3 Å². The third-order valence-corrected chi connectivity index (χ3v) is 6.30. The number of halogens is 1. The first-order valence-electron chi connectivity index (χ1n) is 9.16. The van der Waals surface area contributed by atoms with Gasteiger partial charge in [0.1, 0.15) is 11.5 Å². The lowest BCUT2D eigenvalue weighted by molar-refractivity contribution is -0.119. The summed E-state index contributed by atoms with van der Waals surface area (Å²) in [6.45, 7) is 1.88. The number of anilines is 1. The quantitative estimate of drug-likeness (QED) is 0.460. The largest absolute Gasteiger partial charge is 0.494 e. The van der Waals surface area contributed by atoms with E-state index in [0.717, 1.165) is 8.78 Å². The topological polar surface area (TPSA) is 72.9 Å². The summed E-state index contributed by atoms with van der Waals surface area (Å²) in [6.07, 6.45) is 0. The van der Waals surface area contributed by atoms with Crippen LogP contribution in [0.3, 0.4) is 0 Å². The lowest BCUT2D eigenvalue weighted by Gasteiger charge is -2.23. The Hall–Kier alpha value is -2.84. The smallest absolute Gasteiger partial charge is 0.278 e. The first-order valence-corrected chi connectivity index (χ1v) is 11.4. The van der Waals surface area contributed by atoms with Gasteiger partial charge in [0.2, 0.25) is 0 Å². The highest BCUT2D eigenvalue weighted by Crippen LogP contribution is 2.27. The molecule has 1 amide bonds. The van der Waals surface area contributed by atoms with Crippen LogP contribution in [0.2, 0.25) is 0 Å². The molecule has 30 heavy (non-hydrogen) atoms. The summed E-state index contributed by atoms with van der Waals surface area (Å²) in [5.41, 5.74) is 0.199. The Balaban J connectivity index is 1.93. The van der Waals surface area contributed by atoms with E-state index in [9.17, 15) is 13.2 Å². The number of hydrogen-bond acceptors (Lipinski definition) is 5. The molecule has 0 aliphatic rings. The first-order chi connectivity index (χ1) is 14.4. The average Bonchev–Trinajstić information content (AvgIpc) is 2.74. The molecular formula is C22H20BrNO5S. The van der Waals surface area contributed by atoms with Crippen LogP contribution in [0.25, 0.3) is 0 Å². The fourth-order valence-corrected chi connectivity index (χ4v) is 4.53.